The van der Waals surface area contributed by atoms with E-state index in [-0.39, 0.29) is 23.7 Å². The molecule has 9 rings (SSSR count). The molecule has 0 amide bonds. The third kappa shape index (κ3) is 13.5. The van der Waals surface area contributed by atoms with E-state index in [2.05, 4.69) is 182 Å². The Bertz CT molecular complexity index is 2560. The van der Waals surface area contributed by atoms with E-state index in [0.29, 0.717) is 52.9 Å². The van der Waals surface area contributed by atoms with Crippen LogP contribution < -0.4 is 37.9 Å². The molecule has 0 fully saturated rings. The quantitative estimate of drug-likeness (QED) is 0.0492. The van der Waals surface area contributed by atoms with Crippen LogP contribution in [-0.2, 0) is 0 Å². The monoisotopic (exact) mass is 1530 g/mol. The highest BCUT2D eigenvalue weighted by Gasteiger charge is 2.40. The lowest BCUT2D eigenvalue weighted by Crippen LogP contribution is -2.16. The minimum Gasteiger partial charge on any atom is -0.488 e. The SMILES string of the molecule is CCCCCCC1c2cc3c4c(C#CI)c2OCCOc2c1cc1c(c2C#CI)OCCOc2c(cc5c(c2C#CI)OCCOc2c(cc(c(c2C#CI)OCCO4)C3CCCCCC)C5CCCCCC)C1CCCCCC. The van der Waals surface area contributed by atoms with Crippen molar-refractivity contribution >= 4 is 90.4 Å². The first-order valence-corrected chi connectivity index (χ1v) is 34.1. The third-order valence-corrected chi connectivity index (χ3v) is 17.6. The fourth-order valence-corrected chi connectivity index (χ4v) is 14.0. The van der Waals surface area contributed by atoms with Gasteiger partial charge in [-0.1, -0.05) is 130 Å². The molecule has 4 heterocycles. The van der Waals surface area contributed by atoms with E-state index in [9.17, 15) is 0 Å². The van der Waals surface area contributed by atoms with Crippen molar-refractivity contribution in [3.05, 3.63) is 91.0 Å². The van der Waals surface area contributed by atoms with E-state index in [1.165, 1.54) is 0 Å². The van der Waals surface area contributed by atoms with Crippen molar-refractivity contribution in [3.63, 3.8) is 0 Å². The molecule has 0 saturated heterocycles. The predicted molar refractivity (Wildman–Crippen MR) is 356 cm³/mol. The molecule has 4 aromatic rings. The molecule has 0 unspecified atom stereocenters. The molecular formula is C68H76I4O8. The lowest BCUT2D eigenvalue weighted by molar-refractivity contribution is 0.202. The van der Waals surface area contributed by atoms with Crippen molar-refractivity contribution in [2.24, 2.45) is 0 Å². The van der Waals surface area contributed by atoms with Crippen LogP contribution in [0.5, 0.6) is 46.0 Å². The van der Waals surface area contributed by atoms with E-state index < -0.39 is 0 Å². The number of benzene rings is 4. The fraction of sp³-hybridized carbons (Fsp3) is 0.529. The maximum Gasteiger partial charge on any atom is 0.142 e. The van der Waals surface area contributed by atoms with Crippen molar-refractivity contribution in [3.8, 4) is 85.4 Å². The van der Waals surface area contributed by atoms with Gasteiger partial charge in [-0.3, -0.25) is 0 Å². The van der Waals surface area contributed by atoms with Gasteiger partial charge in [0.2, 0.25) is 0 Å². The van der Waals surface area contributed by atoms with E-state index in [0.717, 1.165) is 241 Å². The number of ether oxygens (including phenoxy) is 8. The van der Waals surface area contributed by atoms with Crippen LogP contribution in [-0.4, -0.2) is 52.9 Å². The van der Waals surface area contributed by atoms with Crippen LogP contribution in [0.2, 0.25) is 0 Å². The summed E-state index contributed by atoms with van der Waals surface area (Å²) in [5, 5.41) is 0. The average Bonchev–Trinajstić information content (AvgIpc) is 3.72. The zero-order valence-corrected chi connectivity index (χ0v) is 55.8. The fourth-order valence-electron chi connectivity index (χ4n) is 12.9. The molecule has 4 aromatic carbocycles. The first-order chi connectivity index (χ1) is 39.5. The van der Waals surface area contributed by atoms with Crippen molar-refractivity contribution in [2.45, 2.75) is 180 Å². The molecule has 8 nitrogen and oxygen atoms in total. The largest absolute Gasteiger partial charge is 0.488 e. The highest BCUT2D eigenvalue weighted by atomic mass is 127. The van der Waals surface area contributed by atoms with Crippen molar-refractivity contribution in [1.29, 1.82) is 0 Å². The molecule has 8 bridgehead atoms. The third-order valence-electron chi connectivity index (χ3n) is 16.5. The highest BCUT2D eigenvalue weighted by Crippen LogP contribution is 2.58. The van der Waals surface area contributed by atoms with Gasteiger partial charge in [-0.15, -0.1) is 0 Å². The van der Waals surface area contributed by atoms with Crippen molar-refractivity contribution in [2.75, 3.05) is 52.9 Å². The number of unbranched alkanes of at least 4 members (excludes halogenated alkanes) is 12. The summed E-state index contributed by atoms with van der Waals surface area (Å²) in [5.41, 5.74) is 11.8. The Morgan fingerprint density at radius 2 is 0.463 bits per heavy atom. The van der Waals surface area contributed by atoms with E-state index in [1.54, 1.807) is 0 Å². The van der Waals surface area contributed by atoms with Gasteiger partial charge in [-0.2, -0.15) is 0 Å². The maximum absolute atomic E-state index is 7.15. The van der Waals surface area contributed by atoms with Crippen molar-refractivity contribution in [1.82, 2.24) is 0 Å². The number of hydrogen-bond acceptors (Lipinski definition) is 8. The standard InChI is InChI=1S/C68H76I4O8/c1-5-9-13-17-21-45-53-41-55-46(22-18-14-10-6-2)57-43-59-48(24-20-16-12-8-4)60-44-58-47(23-19-15-11-7-3)56-42-54(45)62-50(26-30-70)64(56)76-36-38-78-66(58)52(28-32-72)68(60)80-40-39-79-67(59)51(27-31-71)65(57)77-37-35-75-63(55)49(25-29-69)61(53)73-33-34-74-62/h41-48H,5-24,33-40H2,1-4H3. The van der Waals surface area contributed by atoms with Gasteiger partial charge in [0.05, 0.1) is 0 Å². The second kappa shape index (κ2) is 30.8. The molecule has 5 aliphatic rings. The van der Waals surface area contributed by atoms with Crippen LogP contribution in [0.15, 0.2) is 24.3 Å². The second-order valence-corrected chi connectivity index (χ2v) is 23.8. The summed E-state index contributed by atoms with van der Waals surface area (Å²) in [4.78, 5) is 0. The molecule has 0 aromatic heterocycles. The first kappa shape index (κ1) is 61.0. The van der Waals surface area contributed by atoms with Gasteiger partial charge < -0.3 is 37.9 Å². The first-order valence-electron chi connectivity index (χ1n) is 29.8. The normalized spacial score (nSPS) is 18.0. The van der Waals surface area contributed by atoms with Gasteiger partial charge in [-0.05, 0) is 89.3 Å². The van der Waals surface area contributed by atoms with E-state index in [1.807, 2.05) is 0 Å². The number of halogens is 4. The summed E-state index contributed by atoms with van der Waals surface area (Å²) in [6.07, 6.45) is 20.9. The van der Waals surface area contributed by atoms with Gasteiger partial charge in [0, 0.05) is 159 Å². The summed E-state index contributed by atoms with van der Waals surface area (Å²) in [6, 6.07) is 9.82. The summed E-state index contributed by atoms with van der Waals surface area (Å²) >= 11 is 8.76. The Morgan fingerprint density at radius 1 is 0.287 bits per heavy atom. The van der Waals surface area contributed by atoms with E-state index >= 15 is 0 Å². The Hall–Kier alpha value is -3.56. The zero-order valence-electron chi connectivity index (χ0n) is 47.2. The van der Waals surface area contributed by atoms with Gasteiger partial charge >= 0.3 is 0 Å². The Balaban J connectivity index is 1.54. The predicted octanol–water partition coefficient (Wildman–Crippen LogP) is 18.5. The van der Waals surface area contributed by atoms with Gasteiger partial charge in [0.15, 0.2) is 0 Å². The second-order valence-electron chi connectivity index (χ2n) is 21.6. The molecule has 1 aliphatic carbocycles. The summed E-state index contributed by atoms with van der Waals surface area (Å²) in [5.74, 6) is 19.9. The van der Waals surface area contributed by atoms with Gasteiger partial charge in [-0.25, -0.2) is 0 Å². The Labute approximate surface area is 532 Å². The molecule has 80 heavy (non-hydrogen) atoms. The zero-order chi connectivity index (χ0) is 55.8. The summed E-state index contributed by atoms with van der Waals surface area (Å²) in [6.45, 7) is 11.5. The number of hydrogen-bond donors (Lipinski definition) is 0. The lowest BCUT2D eigenvalue weighted by atomic mass is 9.74. The van der Waals surface area contributed by atoms with Crippen LogP contribution >= 0.6 is 90.4 Å². The molecule has 0 N–H and O–H groups in total. The van der Waals surface area contributed by atoms with Gasteiger partial charge in [0.1, 0.15) is 121 Å². The van der Waals surface area contributed by atoms with Crippen molar-refractivity contribution < 1.29 is 37.9 Å². The summed E-state index contributed by atoms with van der Waals surface area (Å²) < 4.78 is 70.5. The minimum atomic E-state index is -0.184. The molecule has 0 atom stereocenters. The molecule has 0 radical (unpaired) electrons. The maximum atomic E-state index is 7.15. The van der Waals surface area contributed by atoms with Crippen LogP contribution in [0.25, 0.3) is 0 Å². The van der Waals surface area contributed by atoms with Crippen LogP contribution in [0.3, 0.4) is 0 Å². The Kier molecular flexibility index (Phi) is 23.5. The molecule has 424 valence electrons. The minimum absolute atomic E-state index is 0.184. The smallest absolute Gasteiger partial charge is 0.142 e. The molecular weight excluding hydrogens is 1450 g/mol. The average molecular weight is 1530 g/mol. The summed E-state index contributed by atoms with van der Waals surface area (Å²) in [7, 11) is 0. The Morgan fingerprint density at radius 3 is 0.613 bits per heavy atom. The van der Waals surface area contributed by atoms with Crippen LogP contribution in [0.1, 0.15) is 247 Å². The highest BCUT2D eigenvalue weighted by molar-refractivity contribution is 14.1. The molecule has 0 saturated carbocycles. The topological polar surface area (TPSA) is 73.8 Å². The number of rotatable bonds is 20. The molecule has 0 spiro atoms. The van der Waals surface area contributed by atoms with Crippen LogP contribution in [0, 0.1) is 39.4 Å². The lowest BCUT2D eigenvalue weighted by Gasteiger charge is -2.32. The van der Waals surface area contributed by atoms with Crippen LogP contribution in [0.4, 0.5) is 0 Å². The molecule has 12 heteroatoms. The van der Waals surface area contributed by atoms with Gasteiger partial charge in [0.25, 0.3) is 0 Å². The van der Waals surface area contributed by atoms with E-state index in [4.69, 9.17) is 37.9 Å². The molecule has 4 aliphatic heterocycles.